The molecule has 3 heterocycles. The van der Waals surface area contributed by atoms with Crippen LogP contribution in [0.2, 0.25) is 0 Å². The third kappa shape index (κ3) is 4.43. The third-order valence-electron chi connectivity index (χ3n) is 7.27. The molecular formula is C21H38N4OS. The number of thioether (sulfide) groups is 1. The summed E-state index contributed by atoms with van der Waals surface area (Å²) in [6.45, 7) is 10.4. The Morgan fingerprint density at radius 3 is 2.59 bits per heavy atom. The zero-order valence-electron chi connectivity index (χ0n) is 17.2. The van der Waals surface area contributed by atoms with Crippen molar-refractivity contribution < 1.29 is 4.74 Å². The molecule has 0 aromatic carbocycles. The Morgan fingerprint density at radius 2 is 1.89 bits per heavy atom. The first kappa shape index (κ1) is 19.8. The Kier molecular flexibility index (Phi) is 6.55. The van der Waals surface area contributed by atoms with Crippen molar-refractivity contribution in [3.8, 4) is 0 Å². The molecule has 6 heteroatoms. The number of aliphatic imine (C=N–C) groups is 1. The van der Waals surface area contributed by atoms with Gasteiger partial charge in [0.05, 0.1) is 25.3 Å². The van der Waals surface area contributed by atoms with Crippen LogP contribution in [-0.4, -0.2) is 85.3 Å². The molecule has 1 saturated carbocycles. The van der Waals surface area contributed by atoms with Crippen LogP contribution in [0.15, 0.2) is 4.99 Å². The smallest absolute Gasteiger partial charge is 0.193 e. The minimum absolute atomic E-state index is 0.247. The van der Waals surface area contributed by atoms with E-state index in [-0.39, 0.29) is 5.54 Å². The molecule has 0 amide bonds. The van der Waals surface area contributed by atoms with Crippen LogP contribution in [0.3, 0.4) is 0 Å². The molecule has 3 aliphatic heterocycles. The maximum absolute atomic E-state index is 5.61. The van der Waals surface area contributed by atoms with Crippen molar-refractivity contribution in [2.24, 2.45) is 10.4 Å². The minimum Gasteiger partial charge on any atom is -0.379 e. The molecular weight excluding hydrogens is 356 g/mol. The van der Waals surface area contributed by atoms with E-state index in [1.807, 2.05) is 0 Å². The van der Waals surface area contributed by atoms with E-state index in [2.05, 4.69) is 33.8 Å². The molecule has 4 aliphatic rings. The Labute approximate surface area is 169 Å². The van der Waals surface area contributed by atoms with E-state index in [4.69, 9.17) is 9.73 Å². The van der Waals surface area contributed by atoms with Crippen molar-refractivity contribution in [2.45, 2.75) is 57.4 Å². The van der Waals surface area contributed by atoms with Crippen molar-refractivity contribution in [1.29, 1.82) is 0 Å². The van der Waals surface area contributed by atoms with E-state index < -0.39 is 0 Å². The van der Waals surface area contributed by atoms with Crippen LogP contribution < -0.4 is 5.32 Å². The lowest BCUT2D eigenvalue weighted by molar-refractivity contribution is -0.0105. The summed E-state index contributed by atoms with van der Waals surface area (Å²) in [5, 5.41) is 3.62. The highest BCUT2D eigenvalue weighted by Crippen LogP contribution is 2.43. The molecule has 1 spiro atoms. The lowest BCUT2D eigenvalue weighted by atomic mass is 9.73. The monoisotopic (exact) mass is 394 g/mol. The van der Waals surface area contributed by atoms with Gasteiger partial charge < -0.3 is 15.0 Å². The van der Waals surface area contributed by atoms with Gasteiger partial charge in [0, 0.05) is 38.5 Å². The van der Waals surface area contributed by atoms with E-state index in [0.717, 1.165) is 39.4 Å². The zero-order valence-corrected chi connectivity index (χ0v) is 18.0. The van der Waals surface area contributed by atoms with E-state index in [0.29, 0.717) is 5.41 Å². The molecule has 154 valence electrons. The van der Waals surface area contributed by atoms with Crippen molar-refractivity contribution in [3.05, 3.63) is 0 Å². The van der Waals surface area contributed by atoms with Gasteiger partial charge in [0.25, 0.3) is 0 Å². The van der Waals surface area contributed by atoms with Crippen LogP contribution in [0.4, 0.5) is 0 Å². The standard InChI is InChI=1S/C21H38N4OS/c1-2-22-19(24-10-8-20(17-24)6-4-3-5-7-20)23-16-21(9-15-27-18-21)25-11-13-26-14-12-25/h2-18H2,1H3,(H,22,23). The number of likely N-dealkylation sites (tertiary alicyclic amines) is 1. The molecule has 1 aliphatic carbocycles. The first-order valence-corrected chi connectivity index (χ1v) is 12.3. The summed E-state index contributed by atoms with van der Waals surface area (Å²) < 4.78 is 5.61. The number of guanidine groups is 1. The molecule has 1 N–H and O–H groups in total. The molecule has 5 nitrogen and oxygen atoms in total. The molecule has 27 heavy (non-hydrogen) atoms. The van der Waals surface area contributed by atoms with E-state index >= 15 is 0 Å². The molecule has 0 aromatic heterocycles. The van der Waals surface area contributed by atoms with Gasteiger partial charge in [-0.15, -0.1) is 0 Å². The second kappa shape index (κ2) is 8.91. The average Bonchev–Trinajstić information content (AvgIpc) is 3.35. The number of hydrogen-bond donors (Lipinski definition) is 1. The Morgan fingerprint density at radius 1 is 1.07 bits per heavy atom. The number of hydrogen-bond acceptors (Lipinski definition) is 4. The zero-order chi connectivity index (χ0) is 18.6. The first-order valence-electron chi connectivity index (χ1n) is 11.2. The SMILES string of the molecule is CCNC(=NCC1(N2CCOCC2)CCSC1)N1CCC2(CCCCC2)C1. The predicted octanol–water partition coefficient (Wildman–Crippen LogP) is 2.82. The second-order valence-corrected chi connectivity index (χ2v) is 10.1. The summed E-state index contributed by atoms with van der Waals surface area (Å²) in [6.07, 6.45) is 9.79. The van der Waals surface area contributed by atoms with Crippen LogP contribution in [0.25, 0.3) is 0 Å². The number of nitrogens with one attached hydrogen (secondary N) is 1. The van der Waals surface area contributed by atoms with Gasteiger partial charge in [-0.25, -0.2) is 0 Å². The fraction of sp³-hybridized carbons (Fsp3) is 0.952. The van der Waals surface area contributed by atoms with Crippen LogP contribution in [0, 0.1) is 5.41 Å². The second-order valence-electron chi connectivity index (χ2n) is 9.03. The molecule has 0 bridgehead atoms. The summed E-state index contributed by atoms with van der Waals surface area (Å²) in [5.74, 6) is 3.67. The van der Waals surface area contributed by atoms with E-state index in [1.54, 1.807) is 0 Å². The molecule has 0 radical (unpaired) electrons. The summed E-state index contributed by atoms with van der Waals surface area (Å²) in [6, 6.07) is 0. The maximum atomic E-state index is 5.61. The summed E-state index contributed by atoms with van der Waals surface area (Å²) >= 11 is 2.10. The quantitative estimate of drug-likeness (QED) is 0.586. The van der Waals surface area contributed by atoms with Gasteiger partial charge in [0.1, 0.15) is 0 Å². The molecule has 0 aromatic rings. The maximum Gasteiger partial charge on any atom is 0.193 e. The molecule has 3 saturated heterocycles. The van der Waals surface area contributed by atoms with Gasteiger partial charge in [-0.2, -0.15) is 11.8 Å². The molecule has 4 rings (SSSR count). The van der Waals surface area contributed by atoms with Crippen LogP contribution in [0.1, 0.15) is 51.9 Å². The Hall–Kier alpha value is -0.460. The third-order valence-corrected chi connectivity index (χ3v) is 8.51. The van der Waals surface area contributed by atoms with E-state index in [9.17, 15) is 0 Å². The van der Waals surface area contributed by atoms with Crippen LogP contribution in [-0.2, 0) is 4.74 Å². The topological polar surface area (TPSA) is 40.1 Å². The van der Waals surface area contributed by atoms with Gasteiger partial charge in [-0.1, -0.05) is 19.3 Å². The number of rotatable bonds is 4. The van der Waals surface area contributed by atoms with Crippen LogP contribution >= 0.6 is 11.8 Å². The minimum atomic E-state index is 0.247. The van der Waals surface area contributed by atoms with Crippen molar-refractivity contribution in [3.63, 3.8) is 0 Å². The molecule has 1 atom stereocenters. The fourth-order valence-electron chi connectivity index (χ4n) is 5.58. The average molecular weight is 395 g/mol. The molecule has 1 unspecified atom stereocenters. The van der Waals surface area contributed by atoms with Gasteiger partial charge in [-0.05, 0) is 43.8 Å². The van der Waals surface area contributed by atoms with Crippen LogP contribution in [0.5, 0.6) is 0 Å². The summed E-state index contributed by atoms with van der Waals surface area (Å²) in [5.41, 5.74) is 0.830. The highest BCUT2D eigenvalue weighted by Gasteiger charge is 2.42. The highest BCUT2D eigenvalue weighted by atomic mass is 32.2. The van der Waals surface area contributed by atoms with Gasteiger partial charge in [0.15, 0.2) is 5.96 Å². The molecule has 4 fully saturated rings. The van der Waals surface area contributed by atoms with Gasteiger partial charge in [0.2, 0.25) is 0 Å². The number of morpholine rings is 1. The van der Waals surface area contributed by atoms with Crippen molar-refractivity contribution in [1.82, 2.24) is 15.1 Å². The highest BCUT2D eigenvalue weighted by molar-refractivity contribution is 7.99. The largest absolute Gasteiger partial charge is 0.379 e. The lowest BCUT2D eigenvalue weighted by Gasteiger charge is -2.42. The summed E-state index contributed by atoms with van der Waals surface area (Å²) in [7, 11) is 0. The number of nitrogens with zero attached hydrogens (tertiary/aromatic N) is 3. The normalized spacial score (nSPS) is 32.3. The van der Waals surface area contributed by atoms with E-state index in [1.165, 1.54) is 75.5 Å². The predicted molar refractivity (Wildman–Crippen MR) is 115 cm³/mol. The van der Waals surface area contributed by atoms with Crippen molar-refractivity contribution >= 4 is 17.7 Å². The number of ether oxygens (including phenoxy) is 1. The first-order chi connectivity index (χ1) is 13.3. The van der Waals surface area contributed by atoms with Crippen molar-refractivity contribution in [2.75, 3.05) is 64.0 Å². The lowest BCUT2D eigenvalue weighted by Crippen LogP contribution is -2.56. The Balaban J connectivity index is 1.45. The fourth-order valence-corrected chi connectivity index (χ4v) is 7.05. The Bertz CT molecular complexity index is 508. The van der Waals surface area contributed by atoms with Gasteiger partial charge in [-0.3, -0.25) is 9.89 Å². The summed E-state index contributed by atoms with van der Waals surface area (Å²) in [4.78, 5) is 10.5. The van der Waals surface area contributed by atoms with Gasteiger partial charge >= 0.3 is 0 Å².